The van der Waals surface area contributed by atoms with Crippen LogP contribution in [0, 0.1) is 5.92 Å². The highest BCUT2D eigenvalue weighted by Crippen LogP contribution is 2.36. The van der Waals surface area contributed by atoms with E-state index in [4.69, 9.17) is 10.5 Å². The number of ether oxygens (including phenoxy) is 1. The second kappa shape index (κ2) is 6.06. The van der Waals surface area contributed by atoms with Gasteiger partial charge in [-0.2, -0.15) is 0 Å². The van der Waals surface area contributed by atoms with Gasteiger partial charge in [0.05, 0.1) is 13.2 Å². The van der Waals surface area contributed by atoms with Gasteiger partial charge in [0.2, 0.25) is 5.91 Å². The van der Waals surface area contributed by atoms with Crippen LogP contribution in [0.2, 0.25) is 0 Å². The van der Waals surface area contributed by atoms with Crippen molar-refractivity contribution in [1.29, 1.82) is 0 Å². The summed E-state index contributed by atoms with van der Waals surface area (Å²) in [5.41, 5.74) is 7.14. The smallest absolute Gasteiger partial charge is 0.226 e. The summed E-state index contributed by atoms with van der Waals surface area (Å²) in [6.45, 7) is 0.868. The van der Waals surface area contributed by atoms with E-state index in [1.165, 1.54) is 5.56 Å². The summed E-state index contributed by atoms with van der Waals surface area (Å²) >= 11 is 0. The molecule has 2 aliphatic rings. The van der Waals surface area contributed by atoms with Crippen LogP contribution in [0.4, 0.5) is 0 Å². The van der Waals surface area contributed by atoms with Gasteiger partial charge in [0, 0.05) is 18.5 Å². The molecule has 1 amide bonds. The molecule has 0 bridgehead atoms. The number of hydrogen-bond donors (Lipinski definition) is 1. The Hall–Kier alpha value is -1.55. The standard InChI is InChI=1S/C17H24N2O2/c1-21-15-5-2-4-12(11-15)16-6-3-9-19(16)17(20)13-7-8-14(18)10-13/h2,4-5,11,13-14,16H,3,6-10,18H2,1H3. The van der Waals surface area contributed by atoms with Gasteiger partial charge in [-0.3, -0.25) is 4.79 Å². The summed E-state index contributed by atoms with van der Waals surface area (Å²) in [7, 11) is 1.68. The van der Waals surface area contributed by atoms with Crippen molar-refractivity contribution in [3.63, 3.8) is 0 Å². The van der Waals surface area contributed by atoms with Crippen molar-refractivity contribution in [2.24, 2.45) is 11.7 Å². The van der Waals surface area contributed by atoms with Crippen molar-refractivity contribution < 1.29 is 9.53 Å². The Morgan fingerprint density at radius 3 is 2.90 bits per heavy atom. The maximum Gasteiger partial charge on any atom is 0.226 e. The van der Waals surface area contributed by atoms with Crippen LogP contribution < -0.4 is 10.5 Å². The molecule has 2 N–H and O–H groups in total. The first kappa shape index (κ1) is 14.4. The maximum absolute atomic E-state index is 12.8. The summed E-state index contributed by atoms with van der Waals surface area (Å²) in [5.74, 6) is 1.29. The molecule has 1 aliphatic carbocycles. The second-order valence-electron chi connectivity index (χ2n) is 6.24. The van der Waals surface area contributed by atoms with Crippen molar-refractivity contribution in [3.8, 4) is 5.75 Å². The first-order valence-corrected chi connectivity index (χ1v) is 7.89. The number of carbonyl (C=O) groups is 1. The van der Waals surface area contributed by atoms with E-state index >= 15 is 0 Å². The molecule has 3 rings (SSSR count). The minimum atomic E-state index is 0.131. The lowest BCUT2D eigenvalue weighted by atomic mass is 10.0. The van der Waals surface area contributed by atoms with Crippen LogP contribution in [0.15, 0.2) is 24.3 Å². The van der Waals surface area contributed by atoms with Gasteiger partial charge in [0.1, 0.15) is 5.75 Å². The first-order chi connectivity index (χ1) is 10.2. The molecule has 1 aliphatic heterocycles. The zero-order chi connectivity index (χ0) is 14.8. The molecule has 0 aromatic heterocycles. The van der Waals surface area contributed by atoms with Crippen LogP contribution in [-0.2, 0) is 4.79 Å². The van der Waals surface area contributed by atoms with Crippen molar-refractivity contribution in [2.75, 3.05) is 13.7 Å². The highest BCUT2D eigenvalue weighted by molar-refractivity contribution is 5.80. The molecular weight excluding hydrogens is 264 g/mol. The predicted molar refractivity (Wildman–Crippen MR) is 82.0 cm³/mol. The fourth-order valence-electron chi connectivity index (χ4n) is 3.70. The van der Waals surface area contributed by atoms with Gasteiger partial charge in [-0.05, 0) is 49.8 Å². The van der Waals surface area contributed by atoms with Crippen molar-refractivity contribution in [3.05, 3.63) is 29.8 Å². The van der Waals surface area contributed by atoms with Gasteiger partial charge in [-0.15, -0.1) is 0 Å². The summed E-state index contributed by atoms with van der Waals surface area (Å²) in [4.78, 5) is 14.8. The lowest BCUT2D eigenvalue weighted by Gasteiger charge is -2.28. The van der Waals surface area contributed by atoms with E-state index in [2.05, 4.69) is 17.0 Å². The molecule has 21 heavy (non-hydrogen) atoms. The molecule has 0 spiro atoms. The molecule has 114 valence electrons. The number of hydrogen-bond acceptors (Lipinski definition) is 3. The van der Waals surface area contributed by atoms with E-state index in [-0.39, 0.29) is 18.0 Å². The quantitative estimate of drug-likeness (QED) is 0.929. The van der Waals surface area contributed by atoms with Crippen LogP contribution in [0.1, 0.15) is 43.7 Å². The maximum atomic E-state index is 12.8. The molecule has 2 fully saturated rings. The highest BCUT2D eigenvalue weighted by Gasteiger charge is 2.36. The number of amides is 1. The van der Waals surface area contributed by atoms with Crippen LogP contribution in [0.25, 0.3) is 0 Å². The predicted octanol–water partition coefficient (Wildman–Crippen LogP) is 2.49. The second-order valence-corrected chi connectivity index (χ2v) is 6.24. The fraction of sp³-hybridized carbons (Fsp3) is 0.588. The third-order valence-corrected chi connectivity index (χ3v) is 4.84. The Labute approximate surface area is 126 Å². The van der Waals surface area contributed by atoms with Gasteiger partial charge in [-0.25, -0.2) is 0 Å². The van der Waals surface area contributed by atoms with Crippen LogP contribution in [0.3, 0.4) is 0 Å². The van der Waals surface area contributed by atoms with Gasteiger partial charge in [0.15, 0.2) is 0 Å². The highest BCUT2D eigenvalue weighted by atomic mass is 16.5. The molecule has 4 nitrogen and oxygen atoms in total. The lowest BCUT2D eigenvalue weighted by molar-refractivity contribution is -0.136. The number of carbonyl (C=O) groups excluding carboxylic acids is 1. The minimum absolute atomic E-state index is 0.131. The topological polar surface area (TPSA) is 55.6 Å². The minimum Gasteiger partial charge on any atom is -0.497 e. The molecule has 1 aromatic rings. The van der Waals surface area contributed by atoms with Crippen molar-refractivity contribution in [1.82, 2.24) is 4.90 Å². The molecule has 1 aromatic carbocycles. The lowest BCUT2D eigenvalue weighted by Crippen LogP contribution is -2.35. The Kier molecular flexibility index (Phi) is 4.15. The summed E-state index contributed by atoms with van der Waals surface area (Å²) < 4.78 is 5.30. The zero-order valence-electron chi connectivity index (χ0n) is 12.6. The third kappa shape index (κ3) is 2.91. The molecule has 1 saturated heterocycles. The molecule has 1 heterocycles. The summed E-state index contributed by atoms with van der Waals surface area (Å²) in [6.07, 6.45) is 4.89. The number of nitrogens with two attached hydrogens (primary N) is 1. The molecule has 4 heteroatoms. The van der Waals surface area contributed by atoms with E-state index in [9.17, 15) is 4.79 Å². The normalized spacial score (nSPS) is 28.9. The van der Waals surface area contributed by atoms with E-state index in [0.717, 1.165) is 44.4 Å². The number of methoxy groups -OCH3 is 1. The van der Waals surface area contributed by atoms with E-state index in [1.54, 1.807) is 7.11 Å². The first-order valence-electron chi connectivity index (χ1n) is 7.89. The summed E-state index contributed by atoms with van der Waals surface area (Å²) in [6, 6.07) is 8.50. The van der Waals surface area contributed by atoms with E-state index < -0.39 is 0 Å². The Balaban J connectivity index is 1.77. The van der Waals surface area contributed by atoms with Gasteiger partial charge in [-0.1, -0.05) is 12.1 Å². The van der Waals surface area contributed by atoms with Crippen LogP contribution in [-0.4, -0.2) is 30.5 Å². The van der Waals surface area contributed by atoms with Crippen LogP contribution >= 0.6 is 0 Å². The van der Waals surface area contributed by atoms with E-state index in [0.29, 0.717) is 5.91 Å². The monoisotopic (exact) mass is 288 g/mol. The molecular formula is C17H24N2O2. The van der Waals surface area contributed by atoms with Gasteiger partial charge < -0.3 is 15.4 Å². The SMILES string of the molecule is COc1cccc(C2CCCN2C(=O)C2CCC(N)C2)c1. The number of benzene rings is 1. The Morgan fingerprint density at radius 1 is 1.33 bits per heavy atom. The van der Waals surface area contributed by atoms with Gasteiger partial charge >= 0.3 is 0 Å². The molecule has 0 radical (unpaired) electrons. The number of likely N-dealkylation sites (tertiary alicyclic amines) is 1. The Bertz CT molecular complexity index is 517. The van der Waals surface area contributed by atoms with Gasteiger partial charge in [0.25, 0.3) is 0 Å². The molecule has 3 unspecified atom stereocenters. The average Bonchev–Trinajstić information content (AvgIpc) is 3.15. The van der Waals surface area contributed by atoms with E-state index in [1.807, 2.05) is 12.1 Å². The van der Waals surface area contributed by atoms with Crippen LogP contribution in [0.5, 0.6) is 5.75 Å². The van der Waals surface area contributed by atoms with Crippen molar-refractivity contribution >= 4 is 5.91 Å². The Morgan fingerprint density at radius 2 is 2.19 bits per heavy atom. The molecule has 3 atom stereocenters. The molecule has 1 saturated carbocycles. The summed E-state index contributed by atoms with van der Waals surface area (Å²) in [5, 5.41) is 0. The number of nitrogens with zero attached hydrogens (tertiary/aromatic N) is 1. The largest absolute Gasteiger partial charge is 0.497 e. The third-order valence-electron chi connectivity index (χ3n) is 4.84. The van der Waals surface area contributed by atoms with Crippen molar-refractivity contribution in [2.45, 2.75) is 44.2 Å². The number of rotatable bonds is 3. The fourth-order valence-corrected chi connectivity index (χ4v) is 3.70. The average molecular weight is 288 g/mol. The zero-order valence-corrected chi connectivity index (χ0v) is 12.6.